The van der Waals surface area contributed by atoms with Crippen LogP contribution >= 0.6 is 22.9 Å². The highest BCUT2D eigenvalue weighted by molar-refractivity contribution is 7.22. The smallest absolute Gasteiger partial charge is 0.280 e. The SMILES string of the molecule is Cc1cc(Cl)cc2sc(N(CC3CCCO3)C(=O)c3ccn(C)n3)nc12. The van der Waals surface area contributed by atoms with Gasteiger partial charge in [0.1, 0.15) is 0 Å². The summed E-state index contributed by atoms with van der Waals surface area (Å²) in [6.07, 6.45) is 3.76. The molecule has 1 fully saturated rings. The van der Waals surface area contributed by atoms with Crippen LogP contribution in [0.3, 0.4) is 0 Å². The van der Waals surface area contributed by atoms with Gasteiger partial charge in [-0.2, -0.15) is 5.10 Å². The average Bonchev–Trinajstić information content (AvgIpc) is 3.32. The first kappa shape index (κ1) is 17.5. The fourth-order valence-corrected chi connectivity index (χ4v) is 4.59. The van der Waals surface area contributed by atoms with E-state index in [-0.39, 0.29) is 12.0 Å². The Kier molecular flexibility index (Phi) is 4.69. The van der Waals surface area contributed by atoms with Crippen molar-refractivity contribution in [1.29, 1.82) is 0 Å². The van der Waals surface area contributed by atoms with E-state index in [4.69, 9.17) is 21.3 Å². The summed E-state index contributed by atoms with van der Waals surface area (Å²) in [7, 11) is 1.80. The monoisotopic (exact) mass is 390 g/mol. The van der Waals surface area contributed by atoms with E-state index < -0.39 is 0 Å². The Hall–Kier alpha value is -1.96. The number of aryl methyl sites for hydroxylation is 2. The second-order valence-corrected chi connectivity index (χ2v) is 7.94. The summed E-state index contributed by atoms with van der Waals surface area (Å²) in [5.41, 5.74) is 2.28. The quantitative estimate of drug-likeness (QED) is 0.679. The number of carbonyl (C=O) groups is 1. The molecule has 1 unspecified atom stereocenters. The standard InChI is InChI=1S/C18H19ClN4O2S/c1-11-8-12(19)9-15-16(11)20-18(26-15)23(10-13-4-3-7-25-13)17(24)14-5-6-22(2)21-14/h5-6,8-9,13H,3-4,7,10H2,1-2H3. The minimum absolute atomic E-state index is 0.0272. The minimum Gasteiger partial charge on any atom is -0.376 e. The van der Waals surface area contributed by atoms with Gasteiger partial charge in [-0.15, -0.1) is 0 Å². The predicted molar refractivity (Wildman–Crippen MR) is 103 cm³/mol. The molecule has 1 saturated heterocycles. The normalized spacial score (nSPS) is 17.1. The molecule has 6 nitrogen and oxygen atoms in total. The van der Waals surface area contributed by atoms with Crippen LogP contribution < -0.4 is 4.90 Å². The Morgan fingerprint density at radius 3 is 3.04 bits per heavy atom. The molecule has 1 aliphatic heterocycles. The van der Waals surface area contributed by atoms with Crippen molar-refractivity contribution in [2.45, 2.75) is 25.9 Å². The Balaban J connectivity index is 1.74. The van der Waals surface area contributed by atoms with Gasteiger partial charge < -0.3 is 4.74 Å². The molecule has 0 bridgehead atoms. The van der Waals surface area contributed by atoms with E-state index >= 15 is 0 Å². The molecule has 1 aromatic carbocycles. The van der Waals surface area contributed by atoms with Crippen LogP contribution in [0.25, 0.3) is 10.2 Å². The molecule has 8 heteroatoms. The Morgan fingerprint density at radius 2 is 2.35 bits per heavy atom. The van der Waals surface area contributed by atoms with Crippen LogP contribution in [0.15, 0.2) is 24.4 Å². The van der Waals surface area contributed by atoms with E-state index in [1.807, 2.05) is 19.1 Å². The fraction of sp³-hybridized carbons (Fsp3) is 0.389. The summed E-state index contributed by atoms with van der Waals surface area (Å²) in [6, 6.07) is 5.50. The molecule has 1 atom stereocenters. The molecule has 136 valence electrons. The zero-order valence-electron chi connectivity index (χ0n) is 14.6. The number of amides is 1. The number of hydrogen-bond acceptors (Lipinski definition) is 5. The molecule has 0 saturated carbocycles. The fourth-order valence-electron chi connectivity index (χ4n) is 3.17. The zero-order chi connectivity index (χ0) is 18.3. The van der Waals surface area contributed by atoms with Crippen LogP contribution in [0.1, 0.15) is 28.9 Å². The number of ether oxygens (including phenoxy) is 1. The van der Waals surface area contributed by atoms with E-state index in [0.29, 0.717) is 22.4 Å². The van der Waals surface area contributed by atoms with Gasteiger partial charge in [0, 0.05) is 24.9 Å². The van der Waals surface area contributed by atoms with Crippen LogP contribution in [0.5, 0.6) is 0 Å². The number of thiazole rings is 1. The maximum atomic E-state index is 13.1. The molecule has 26 heavy (non-hydrogen) atoms. The van der Waals surface area contributed by atoms with E-state index in [1.165, 1.54) is 11.3 Å². The van der Waals surface area contributed by atoms with Gasteiger partial charge in [-0.3, -0.25) is 14.4 Å². The lowest BCUT2D eigenvalue weighted by Crippen LogP contribution is -2.37. The van der Waals surface area contributed by atoms with E-state index in [0.717, 1.165) is 35.2 Å². The Morgan fingerprint density at radius 1 is 1.50 bits per heavy atom. The lowest BCUT2D eigenvalue weighted by molar-refractivity contribution is 0.0913. The summed E-state index contributed by atoms with van der Waals surface area (Å²) >= 11 is 7.64. The second-order valence-electron chi connectivity index (χ2n) is 6.49. The molecular weight excluding hydrogens is 372 g/mol. The van der Waals surface area contributed by atoms with E-state index in [2.05, 4.69) is 5.10 Å². The average molecular weight is 391 g/mol. The third-order valence-corrected chi connectivity index (χ3v) is 5.70. The number of nitrogens with zero attached hydrogens (tertiary/aromatic N) is 4. The van der Waals surface area contributed by atoms with Crippen LogP contribution in [0, 0.1) is 6.92 Å². The summed E-state index contributed by atoms with van der Waals surface area (Å²) in [5, 5.41) is 5.58. The van der Waals surface area contributed by atoms with Crippen molar-refractivity contribution in [3.8, 4) is 0 Å². The number of fused-ring (bicyclic) bond motifs is 1. The van der Waals surface area contributed by atoms with Crippen molar-refractivity contribution in [2.24, 2.45) is 7.05 Å². The van der Waals surface area contributed by atoms with Crippen LogP contribution in [-0.4, -0.2) is 39.9 Å². The highest BCUT2D eigenvalue weighted by atomic mass is 35.5. The molecule has 0 N–H and O–H groups in total. The van der Waals surface area contributed by atoms with Gasteiger partial charge >= 0.3 is 0 Å². The number of anilines is 1. The van der Waals surface area contributed by atoms with Gasteiger partial charge in [0.15, 0.2) is 10.8 Å². The summed E-state index contributed by atoms with van der Waals surface area (Å²) < 4.78 is 8.34. The topological polar surface area (TPSA) is 60.2 Å². The summed E-state index contributed by atoms with van der Waals surface area (Å²) in [6.45, 7) is 3.19. The maximum absolute atomic E-state index is 13.1. The molecule has 1 amide bonds. The molecule has 1 aliphatic rings. The van der Waals surface area contributed by atoms with Crippen LogP contribution in [0.4, 0.5) is 5.13 Å². The highest BCUT2D eigenvalue weighted by Gasteiger charge is 2.28. The van der Waals surface area contributed by atoms with Crippen molar-refractivity contribution in [3.63, 3.8) is 0 Å². The molecule has 3 aromatic rings. The van der Waals surface area contributed by atoms with Crippen molar-refractivity contribution in [3.05, 3.63) is 40.7 Å². The Labute approximate surface area is 160 Å². The van der Waals surface area contributed by atoms with Crippen LogP contribution in [0.2, 0.25) is 5.02 Å². The number of carbonyl (C=O) groups excluding carboxylic acids is 1. The Bertz CT molecular complexity index is 961. The van der Waals surface area contributed by atoms with E-state index in [1.54, 1.807) is 28.9 Å². The highest BCUT2D eigenvalue weighted by Crippen LogP contribution is 2.34. The predicted octanol–water partition coefficient (Wildman–Crippen LogP) is 3.82. The first-order chi connectivity index (χ1) is 12.5. The van der Waals surface area contributed by atoms with Crippen molar-refractivity contribution < 1.29 is 9.53 Å². The zero-order valence-corrected chi connectivity index (χ0v) is 16.2. The number of benzene rings is 1. The van der Waals surface area contributed by atoms with Gasteiger partial charge in [-0.05, 0) is 43.5 Å². The second kappa shape index (κ2) is 6.98. The molecule has 0 aliphatic carbocycles. The molecule has 4 rings (SSSR count). The number of hydrogen-bond donors (Lipinski definition) is 0. The van der Waals surface area contributed by atoms with Crippen molar-refractivity contribution >= 4 is 44.2 Å². The molecule has 0 spiro atoms. The largest absolute Gasteiger partial charge is 0.376 e. The van der Waals surface area contributed by atoms with Gasteiger partial charge in [0.2, 0.25) is 0 Å². The summed E-state index contributed by atoms with van der Waals surface area (Å²) in [5.74, 6) is -0.163. The first-order valence-corrected chi connectivity index (χ1v) is 9.70. The molecule has 2 aromatic heterocycles. The van der Waals surface area contributed by atoms with Crippen molar-refractivity contribution in [2.75, 3.05) is 18.1 Å². The van der Waals surface area contributed by atoms with Crippen molar-refractivity contribution in [1.82, 2.24) is 14.8 Å². The number of halogens is 1. The number of rotatable bonds is 4. The molecular formula is C18H19ClN4O2S. The van der Waals surface area contributed by atoms with Crippen LogP contribution in [-0.2, 0) is 11.8 Å². The third kappa shape index (κ3) is 3.34. The minimum atomic E-state index is -0.163. The lowest BCUT2D eigenvalue weighted by atomic mass is 10.2. The first-order valence-electron chi connectivity index (χ1n) is 8.51. The lowest BCUT2D eigenvalue weighted by Gasteiger charge is -2.22. The van der Waals surface area contributed by atoms with Gasteiger partial charge in [-0.25, -0.2) is 4.98 Å². The summed E-state index contributed by atoms with van der Waals surface area (Å²) in [4.78, 5) is 19.5. The van der Waals surface area contributed by atoms with Gasteiger partial charge in [-0.1, -0.05) is 22.9 Å². The third-order valence-electron chi connectivity index (χ3n) is 4.46. The molecule has 3 heterocycles. The van der Waals surface area contributed by atoms with Gasteiger partial charge in [0.05, 0.1) is 22.9 Å². The van der Waals surface area contributed by atoms with Gasteiger partial charge in [0.25, 0.3) is 5.91 Å². The number of aromatic nitrogens is 3. The molecule has 0 radical (unpaired) electrons. The van der Waals surface area contributed by atoms with E-state index in [9.17, 15) is 4.79 Å². The maximum Gasteiger partial charge on any atom is 0.280 e.